The molecule has 0 radical (unpaired) electrons. The summed E-state index contributed by atoms with van der Waals surface area (Å²) in [6, 6.07) is 14.5. The molecule has 0 aliphatic carbocycles. The molecule has 2 aromatic carbocycles. The van der Waals surface area contributed by atoms with Crippen LogP contribution in [0.5, 0.6) is 0 Å². The third-order valence-electron chi connectivity index (χ3n) is 11.5. The van der Waals surface area contributed by atoms with Crippen LogP contribution in [0.4, 0.5) is 8.78 Å². The first-order valence-electron chi connectivity index (χ1n) is 21.4. The van der Waals surface area contributed by atoms with Crippen molar-refractivity contribution < 1.29 is 92.9 Å². The number of aromatic nitrogens is 2. The first-order chi connectivity index (χ1) is 32.7. The number of fused-ring (bicyclic) bond motifs is 1. The molecule has 5 aliphatic heterocycles. The molecule has 2 aromatic heterocycles. The number of hydrogen-bond acceptors (Lipinski definition) is 16. The monoisotopic (exact) mass is 1050 g/mol. The van der Waals surface area contributed by atoms with Gasteiger partial charge >= 0.3 is 15.6 Å². The molecule has 5 saturated heterocycles. The molecule has 4 aromatic rings. The molecule has 5 aliphatic rings. The first kappa shape index (κ1) is 51.5. The standard InChI is InChI=1S/C23H25ClFN2O8P.C20H21ClFN2O8P/c1-23(2)33-19-18(32-22(20(19)34-23)27-8-3-4-14(11-27)21(26)28)12-31-36(29)30-9-7-17(35-36)13-5-6-16(25)15(24)10-13;21-13-8-11(3-4-14(13)22)15-5-7-29-33(28,32-15)30-10-16-17(25)18(26)20(31-16)24-6-1-2-12(9-24)19(23)27/h3-6,8,10-11,17-20,22H,7,9,12H2,1-2H3,(H-,26,28);1-4,6,8-9,15-18,20,25-26H,5,7,10H2,(H-,23,27)/p+2/t17?,18?,19-,20-,22-,36?;15?,16?,17-,18-,20-,33?/m11/s1. The third kappa shape index (κ3) is 11.9. The number of phosphoric ester groups is 2. The number of nitrogens with two attached hydrogens (primary N) is 2. The topological polar surface area (TPSA) is 261 Å². The van der Waals surface area contributed by atoms with E-state index in [0.29, 0.717) is 29.5 Å². The van der Waals surface area contributed by atoms with Gasteiger partial charge in [-0.1, -0.05) is 35.3 Å². The van der Waals surface area contributed by atoms with Gasteiger partial charge in [-0.25, -0.2) is 17.9 Å². The summed E-state index contributed by atoms with van der Waals surface area (Å²) in [7, 11) is -8.03. The van der Waals surface area contributed by atoms with Crippen LogP contribution >= 0.6 is 38.8 Å². The number of halogens is 4. The fraction of sp³-hybridized carbons (Fsp3) is 0.442. The van der Waals surface area contributed by atoms with E-state index >= 15 is 0 Å². The summed E-state index contributed by atoms with van der Waals surface area (Å²) < 4.78 is 113. The summed E-state index contributed by atoms with van der Waals surface area (Å²) in [5.74, 6) is -3.29. The van der Waals surface area contributed by atoms with Gasteiger partial charge in [-0.3, -0.25) is 36.7 Å². The molecular formula is C43H48Cl2F2N4O16P2+2. The molecule has 5 fully saturated rings. The number of primary amides is 2. The largest absolute Gasteiger partial charge is 0.475 e. The van der Waals surface area contributed by atoms with Crippen molar-refractivity contribution in [2.24, 2.45) is 11.5 Å². The number of pyridine rings is 2. The van der Waals surface area contributed by atoms with Gasteiger partial charge in [0.25, 0.3) is 24.3 Å². The van der Waals surface area contributed by atoms with Crippen LogP contribution in [-0.4, -0.2) is 90.9 Å². The minimum Gasteiger partial charge on any atom is -0.387 e. The number of hydrogen-bond donors (Lipinski definition) is 4. The second kappa shape index (κ2) is 21.1. The molecule has 12 atom stereocenters. The Hall–Kier alpha value is -3.90. The summed E-state index contributed by atoms with van der Waals surface area (Å²) >= 11 is 11.7. The van der Waals surface area contributed by atoms with E-state index in [1.807, 2.05) is 0 Å². The summed E-state index contributed by atoms with van der Waals surface area (Å²) in [6.45, 7) is 3.11. The first-order valence-corrected chi connectivity index (χ1v) is 25.1. The van der Waals surface area contributed by atoms with Crippen molar-refractivity contribution in [1.29, 1.82) is 0 Å². The van der Waals surface area contributed by atoms with Crippen LogP contribution in [0.2, 0.25) is 10.0 Å². The summed E-state index contributed by atoms with van der Waals surface area (Å²) in [5, 5.41) is 20.6. The van der Waals surface area contributed by atoms with Gasteiger partial charge < -0.3 is 40.6 Å². The maximum atomic E-state index is 13.6. The number of carbonyl (C=O) groups excluding carboxylic acids is 2. The fourth-order valence-corrected chi connectivity index (χ4v) is 11.3. The SMILES string of the molecule is CC1(C)O[C@@H]2[C@H](O1)C(COP1(=O)OCCC(c3ccc(F)c(Cl)c3)O1)O[C@H]2[n+]1cccc(C(N)=O)c1.NC(=O)c1ccc[n+]([C@@H]2OC(COP3(=O)OCCC(c4ccc(F)c(Cl)c4)O3)[C@@H](O)[C@H]2O)c1. The van der Waals surface area contributed by atoms with E-state index in [9.17, 15) is 37.7 Å². The Bertz CT molecular complexity index is 2660. The zero-order chi connectivity index (χ0) is 49.4. The lowest BCUT2D eigenvalue weighted by Gasteiger charge is -2.30. The summed E-state index contributed by atoms with van der Waals surface area (Å²) in [6.07, 6.45) is -1.75. The highest BCUT2D eigenvalue weighted by atomic mass is 35.5. The molecule has 6 N–H and O–H groups in total. The molecule has 26 heteroatoms. The number of nitrogens with zero attached hydrogens (tertiary/aromatic N) is 2. The maximum Gasteiger partial charge on any atom is 0.475 e. The second-order valence-corrected chi connectivity index (χ2v) is 20.8. The Labute approximate surface area is 403 Å². The van der Waals surface area contributed by atoms with E-state index < -0.39 is 113 Å². The van der Waals surface area contributed by atoms with E-state index in [1.54, 1.807) is 42.9 Å². The molecule has 0 saturated carbocycles. The van der Waals surface area contributed by atoms with E-state index in [2.05, 4.69) is 0 Å². The van der Waals surface area contributed by atoms with Crippen LogP contribution in [0.15, 0.2) is 85.5 Å². The Morgan fingerprint density at radius 3 is 1.68 bits per heavy atom. The van der Waals surface area contributed by atoms with Crippen LogP contribution in [-0.2, 0) is 55.2 Å². The van der Waals surface area contributed by atoms with E-state index in [1.165, 1.54) is 65.5 Å². The molecule has 0 spiro atoms. The van der Waals surface area contributed by atoms with E-state index in [0.717, 1.165) is 0 Å². The zero-order valence-electron chi connectivity index (χ0n) is 36.7. The molecule has 9 rings (SSSR count). The molecule has 7 heterocycles. The minimum absolute atomic E-state index is 0.0476. The van der Waals surface area contributed by atoms with Gasteiger partial charge in [0.2, 0.25) is 0 Å². The highest BCUT2D eigenvalue weighted by Crippen LogP contribution is 2.59. The van der Waals surface area contributed by atoms with Gasteiger partial charge in [0, 0.05) is 25.0 Å². The van der Waals surface area contributed by atoms with Crippen molar-refractivity contribution >= 4 is 50.7 Å². The van der Waals surface area contributed by atoms with Crippen molar-refractivity contribution in [1.82, 2.24) is 0 Å². The molecule has 0 bridgehead atoms. The number of ether oxygens (including phenoxy) is 4. The number of benzene rings is 2. The average Bonchev–Trinajstić information content (AvgIpc) is 3.93. The number of aliphatic hydroxyl groups is 2. The van der Waals surface area contributed by atoms with Gasteiger partial charge in [0.15, 0.2) is 42.8 Å². The quantitative estimate of drug-likeness (QED) is 0.103. The summed E-state index contributed by atoms with van der Waals surface area (Å²) in [5.41, 5.74) is 12.2. The second-order valence-electron chi connectivity index (χ2n) is 16.7. The van der Waals surface area contributed by atoms with Gasteiger partial charge in [0.05, 0.1) is 48.7 Å². The predicted octanol–water partition coefficient (Wildman–Crippen LogP) is 5.37. The van der Waals surface area contributed by atoms with E-state index in [-0.39, 0.29) is 35.4 Å². The van der Waals surface area contributed by atoms with Crippen LogP contribution in [0, 0.1) is 11.6 Å². The maximum absolute atomic E-state index is 13.6. The minimum atomic E-state index is -4.05. The number of phosphoric acid groups is 2. The van der Waals surface area contributed by atoms with Crippen LogP contribution in [0.1, 0.15) is 83.2 Å². The van der Waals surface area contributed by atoms with Crippen molar-refractivity contribution in [3.63, 3.8) is 0 Å². The molecular weight excluding hydrogens is 999 g/mol. The van der Waals surface area contributed by atoms with Gasteiger partial charge in [0.1, 0.15) is 47.2 Å². The number of aliphatic hydroxyl groups excluding tert-OH is 2. The summed E-state index contributed by atoms with van der Waals surface area (Å²) in [4.78, 5) is 23.1. The van der Waals surface area contributed by atoms with Crippen molar-refractivity contribution in [2.45, 2.75) is 93.8 Å². The Balaban J connectivity index is 0.000000187. The van der Waals surface area contributed by atoms with E-state index in [4.69, 9.17) is 80.8 Å². The van der Waals surface area contributed by atoms with Gasteiger partial charge in [-0.05, 0) is 61.4 Å². The molecule has 372 valence electrons. The molecule has 20 nitrogen and oxygen atoms in total. The highest BCUT2D eigenvalue weighted by molar-refractivity contribution is 7.48. The fourth-order valence-electron chi connectivity index (χ4n) is 8.11. The Morgan fingerprint density at radius 2 is 1.19 bits per heavy atom. The van der Waals surface area contributed by atoms with Gasteiger partial charge in [-0.2, -0.15) is 9.13 Å². The lowest BCUT2D eigenvalue weighted by Crippen LogP contribution is -2.46. The number of amides is 2. The Kier molecular flexibility index (Phi) is 15.7. The Morgan fingerprint density at radius 1 is 0.725 bits per heavy atom. The van der Waals surface area contributed by atoms with Crippen molar-refractivity contribution in [2.75, 3.05) is 26.4 Å². The van der Waals surface area contributed by atoms with Crippen LogP contribution < -0.4 is 20.6 Å². The van der Waals surface area contributed by atoms with Gasteiger partial charge in [-0.15, -0.1) is 0 Å². The molecule has 2 amide bonds. The predicted molar refractivity (Wildman–Crippen MR) is 233 cm³/mol. The zero-order valence-corrected chi connectivity index (χ0v) is 40.0. The third-order valence-corrected chi connectivity index (χ3v) is 15.0. The highest BCUT2D eigenvalue weighted by Gasteiger charge is 2.60. The van der Waals surface area contributed by atoms with Crippen molar-refractivity contribution in [3.05, 3.63) is 129 Å². The molecule has 6 unspecified atom stereocenters. The van der Waals surface area contributed by atoms with Crippen molar-refractivity contribution in [3.8, 4) is 0 Å². The van der Waals surface area contributed by atoms with Crippen LogP contribution in [0.3, 0.4) is 0 Å². The van der Waals surface area contributed by atoms with Crippen LogP contribution in [0.25, 0.3) is 0 Å². The lowest BCUT2D eigenvalue weighted by atomic mass is 10.1. The smallest absolute Gasteiger partial charge is 0.387 e. The number of carbonyl (C=O) groups is 2. The lowest BCUT2D eigenvalue weighted by molar-refractivity contribution is -0.766. The average molecular weight is 1050 g/mol. The molecule has 69 heavy (non-hydrogen) atoms. The number of rotatable bonds is 12. The normalized spacial score (nSPS) is 32.8.